The predicted molar refractivity (Wildman–Crippen MR) is 46.8 cm³/mol. The molecule has 0 saturated carbocycles. The van der Waals surface area contributed by atoms with Crippen LogP contribution in [0.1, 0.15) is 13.8 Å². The minimum absolute atomic E-state index is 0.207. The van der Waals surface area contributed by atoms with Crippen LogP contribution in [0.25, 0.3) is 0 Å². The highest BCUT2D eigenvalue weighted by Gasteiger charge is 2.04. The van der Waals surface area contributed by atoms with Gasteiger partial charge in [-0.25, -0.2) is 0 Å². The second-order valence-corrected chi connectivity index (χ2v) is 4.84. The zero-order valence-corrected chi connectivity index (χ0v) is 7.34. The van der Waals surface area contributed by atoms with E-state index in [9.17, 15) is 0 Å². The van der Waals surface area contributed by atoms with E-state index < -0.39 is 0 Å². The highest BCUT2D eigenvalue weighted by molar-refractivity contribution is 14.1. The lowest BCUT2D eigenvalue weighted by atomic mass is 10.2. The van der Waals surface area contributed by atoms with Gasteiger partial charge in [0.05, 0.1) is 0 Å². The lowest BCUT2D eigenvalue weighted by Crippen LogP contribution is -2.01. The van der Waals surface area contributed by atoms with Gasteiger partial charge in [-0.1, -0.05) is 28.7 Å². The molecule has 0 aliphatic heterocycles. The molecule has 0 fully saturated rings. The van der Waals surface area contributed by atoms with Crippen molar-refractivity contribution in [2.24, 2.45) is 4.99 Å². The SMILES string of the molecule is C=N/C=C/C(C)(C)I. The number of hydrogen-bond acceptors (Lipinski definition) is 1. The van der Waals surface area contributed by atoms with Crippen LogP contribution >= 0.6 is 22.6 Å². The van der Waals surface area contributed by atoms with Crippen LogP contribution in [-0.4, -0.2) is 10.1 Å². The molecule has 0 aromatic carbocycles. The van der Waals surface area contributed by atoms with Gasteiger partial charge in [-0.05, 0) is 20.6 Å². The molecular formula is C6H10IN. The van der Waals surface area contributed by atoms with Gasteiger partial charge >= 0.3 is 0 Å². The Kier molecular flexibility index (Phi) is 3.28. The molecule has 0 atom stereocenters. The maximum Gasteiger partial charge on any atom is 0.0362 e. The van der Waals surface area contributed by atoms with Gasteiger partial charge in [-0.15, -0.1) is 0 Å². The predicted octanol–water partition coefficient (Wildman–Crippen LogP) is 2.41. The molecule has 0 aromatic rings. The van der Waals surface area contributed by atoms with E-state index in [0.717, 1.165) is 0 Å². The molecule has 0 bridgehead atoms. The zero-order valence-electron chi connectivity index (χ0n) is 5.19. The topological polar surface area (TPSA) is 12.4 Å². The van der Waals surface area contributed by atoms with Crippen LogP contribution in [0, 0.1) is 0 Å². The maximum atomic E-state index is 3.59. The van der Waals surface area contributed by atoms with E-state index in [1.807, 2.05) is 6.08 Å². The molecule has 0 amide bonds. The molecule has 1 nitrogen and oxygen atoms in total. The quantitative estimate of drug-likeness (QED) is 0.387. The number of alkyl halides is 1. The monoisotopic (exact) mass is 223 g/mol. The minimum atomic E-state index is 0.207. The van der Waals surface area contributed by atoms with Crippen molar-refractivity contribution in [3.8, 4) is 0 Å². The van der Waals surface area contributed by atoms with E-state index in [-0.39, 0.29) is 3.42 Å². The Hall–Kier alpha value is 0.140. The lowest BCUT2D eigenvalue weighted by molar-refractivity contribution is 0.941. The summed E-state index contributed by atoms with van der Waals surface area (Å²) in [6.07, 6.45) is 3.72. The smallest absolute Gasteiger partial charge is 0.0362 e. The summed E-state index contributed by atoms with van der Waals surface area (Å²) in [5.74, 6) is 0. The highest BCUT2D eigenvalue weighted by Crippen LogP contribution is 2.17. The average Bonchev–Trinajstić information content (AvgIpc) is 1.59. The number of nitrogens with zero attached hydrogens (tertiary/aromatic N) is 1. The Morgan fingerprint density at radius 3 is 2.25 bits per heavy atom. The molecule has 8 heavy (non-hydrogen) atoms. The van der Waals surface area contributed by atoms with Crippen molar-refractivity contribution < 1.29 is 0 Å². The Bertz CT molecular complexity index is 99.6. The van der Waals surface area contributed by atoms with Gasteiger partial charge in [0, 0.05) is 9.62 Å². The molecule has 0 aliphatic rings. The van der Waals surface area contributed by atoms with Crippen molar-refractivity contribution in [2.45, 2.75) is 17.3 Å². The first kappa shape index (κ1) is 8.14. The van der Waals surface area contributed by atoms with Crippen LogP contribution in [0.2, 0.25) is 0 Å². The van der Waals surface area contributed by atoms with Crippen LogP contribution in [0.3, 0.4) is 0 Å². The first-order valence-electron chi connectivity index (χ1n) is 2.39. The van der Waals surface area contributed by atoms with Gasteiger partial charge in [0.15, 0.2) is 0 Å². The fraction of sp³-hybridized carbons (Fsp3) is 0.500. The molecule has 0 heterocycles. The minimum Gasteiger partial charge on any atom is -0.273 e. The Morgan fingerprint density at radius 1 is 1.62 bits per heavy atom. The van der Waals surface area contributed by atoms with Crippen LogP contribution in [-0.2, 0) is 0 Å². The zero-order chi connectivity index (χ0) is 6.62. The summed E-state index contributed by atoms with van der Waals surface area (Å²) in [4.78, 5) is 3.59. The summed E-state index contributed by atoms with van der Waals surface area (Å²) in [6.45, 7) is 7.54. The summed E-state index contributed by atoms with van der Waals surface area (Å²) in [5.41, 5.74) is 0. The number of hydrogen-bond donors (Lipinski definition) is 0. The first-order valence-corrected chi connectivity index (χ1v) is 3.46. The molecule has 0 saturated heterocycles. The Morgan fingerprint density at radius 2 is 2.12 bits per heavy atom. The molecule has 0 aromatic heterocycles. The van der Waals surface area contributed by atoms with E-state index in [4.69, 9.17) is 0 Å². The third kappa shape index (κ3) is 6.14. The van der Waals surface area contributed by atoms with E-state index in [1.165, 1.54) is 0 Å². The van der Waals surface area contributed by atoms with Crippen molar-refractivity contribution in [3.05, 3.63) is 12.3 Å². The normalized spacial score (nSPS) is 12.4. The molecule has 0 spiro atoms. The van der Waals surface area contributed by atoms with Gasteiger partial charge in [0.2, 0.25) is 0 Å². The number of halogens is 1. The van der Waals surface area contributed by atoms with Gasteiger partial charge < -0.3 is 0 Å². The average molecular weight is 223 g/mol. The third-order valence-corrected chi connectivity index (χ3v) is 0.936. The largest absolute Gasteiger partial charge is 0.273 e. The fourth-order valence-electron chi connectivity index (χ4n) is 0.230. The Labute approximate surface area is 64.0 Å². The summed E-state index contributed by atoms with van der Waals surface area (Å²) >= 11 is 2.33. The number of allylic oxidation sites excluding steroid dienone is 1. The van der Waals surface area contributed by atoms with E-state index in [2.05, 4.69) is 48.1 Å². The highest BCUT2D eigenvalue weighted by atomic mass is 127. The second kappa shape index (κ2) is 3.22. The number of rotatable bonds is 2. The molecule has 0 aliphatic carbocycles. The van der Waals surface area contributed by atoms with E-state index in [1.54, 1.807) is 6.20 Å². The summed E-state index contributed by atoms with van der Waals surface area (Å²) in [5, 5.41) is 0. The summed E-state index contributed by atoms with van der Waals surface area (Å²) < 4.78 is 0.207. The summed E-state index contributed by atoms with van der Waals surface area (Å²) in [7, 11) is 0. The van der Waals surface area contributed by atoms with Crippen molar-refractivity contribution in [1.29, 1.82) is 0 Å². The standard InChI is InChI=1S/C6H10IN/c1-6(2,7)4-5-8-3/h4-5H,3H2,1-2H3/b5-4+. The fourth-order valence-corrected chi connectivity index (χ4v) is 0.391. The molecule has 0 N–H and O–H groups in total. The van der Waals surface area contributed by atoms with Crippen LogP contribution in [0.15, 0.2) is 17.3 Å². The van der Waals surface area contributed by atoms with Crippen molar-refractivity contribution in [2.75, 3.05) is 0 Å². The first-order chi connectivity index (χ1) is 3.56. The van der Waals surface area contributed by atoms with E-state index >= 15 is 0 Å². The summed E-state index contributed by atoms with van der Waals surface area (Å²) in [6, 6.07) is 0. The molecule has 0 rings (SSSR count). The second-order valence-electron chi connectivity index (χ2n) is 2.06. The van der Waals surface area contributed by atoms with Gasteiger partial charge in [-0.3, -0.25) is 4.99 Å². The van der Waals surface area contributed by atoms with Gasteiger partial charge in [0.25, 0.3) is 0 Å². The molecular weight excluding hydrogens is 213 g/mol. The van der Waals surface area contributed by atoms with Crippen LogP contribution in [0.4, 0.5) is 0 Å². The van der Waals surface area contributed by atoms with Crippen molar-refractivity contribution in [1.82, 2.24) is 0 Å². The molecule has 0 unspecified atom stereocenters. The van der Waals surface area contributed by atoms with Crippen LogP contribution in [0.5, 0.6) is 0 Å². The van der Waals surface area contributed by atoms with Gasteiger partial charge in [-0.2, -0.15) is 0 Å². The van der Waals surface area contributed by atoms with Crippen LogP contribution < -0.4 is 0 Å². The van der Waals surface area contributed by atoms with Gasteiger partial charge in [0.1, 0.15) is 0 Å². The number of aliphatic imine (C=N–C) groups is 1. The van der Waals surface area contributed by atoms with Crippen molar-refractivity contribution >= 4 is 29.3 Å². The maximum absolute atomic E-state index is 3.59. The van der Waals surface area contributed by atoms with E-state index in [0.29, 0.717) is 0 Å². The lowest BCUT2D eigenvalue weighted by Gasteiger charge is -2.06. The molecule has 2 heteroatoms. The molecule has 0 radical (unpaired) electrons. The van der Waals surface area contributed by atoms with Crippen molar-refractivity contribution in [3.63, 3.8) is 0 Å². The molecule has 46 valence electrons. The Balaban J connectivity index is 3.69. The third-order valence-electron chi connectivity index (χ3n) is 0.576.